The van der Waals surface area contributed by atoms with Crippen LogP contribution in [0.1, 0.15) is 12.5 Å². The van der Waals surface area contributed by atoms with Crippen molar-refractivity contribution in [1.82, 2.24) is 0 Å². The number of carbonyl (C=O) groups excluding carboxylic acids is 2. The van der Waals surface area contributed by atoms with Crippen LogP contribution in [0.2, 0.25) is 0 Å². The number of nitrogens with one attached hydrogen (secondary N) is 2. The zero-order valence-corrected chi connectivity index (χ0v) is 16.4. The molecule has 1 aliphatic heterocycles. The Morgan fingerprint density at radius 1 is 1.19 bits per heavy atom. The number of rotatable bonds is 7. The number of hydrogen-bond acceptors (Lipinski definition) is 8. The van der Waals surface area contributed by atoms with Gasteiger partial charge in [0, 0.05) is 17.8 Å². The van der Waals surface area contributed by atoms with Gasteiger partial charge in [-0.2, -0.15) is 13.2 Å². The minimum atomic E-state index is -4.76. The van der Waals surface area contributed by atoms with Gasteiger partial charge in [-0.15, -0.1) is 0 Å². The number of hydrogen-bond donors (Lipinski definition) is 2. The van der Waals surface area contributed by atoms with E-state index in [1.807, 2.05) is 0 Å². The number of halogens is 3. The second-order valence-electron chi connectivity index (χ2n) is 6.58. The second kappa shape index (κ2) is 8.99. The van der Waals surface area contributed by atoms with E-state index in [1.165, 1.54) is 13.0 Å². The molecule has 0 fully saturated rings. The molecule has 0 bridgehead atoms. The van der Waals surface area contributed by atoms with Crippen molar-refractivity contribution in [3.63, 3.8) is 0 Å². The first-order valence-corrected chi connectivity index (χ1v) is 9.03. The van der Waals surface area contributed by atoms with Crippen LogP contribution in [0, 0.1) is 10.1 Å². The van der Waals surface area contributed by atoms with Crippen LogP contribution in [-0.4, -0.2) is 36.2 Å². The molecule has 2 aromatic rings. The Kier molecular flexibility index (Phi) is 6.37. The third kappa shape index (κ3) is 5.36. The summed E-state index contributed by atoms with van der Waals surface area (Å²) in [5.74, 6) is -0.646. The molecule has 0 radical (unpaired) electrons. The molecule has 1 atom stereocenters. The Bertz CT molecular complexity index is 1060. The number of ether oxygens (including phenoxy) is 3. The van der Waals surface area contributed by atoms with Crippen molar-refractivity contribution >= 4 is 28.9 Å². The van der Waals surface area contributed by atoms with E-state index in [0.717, 1.165) is 6.07 Å². The highest BCUT2D eigenvalue weighted by atomic mass is 19.4. The molecule has 0 saturated heterocycles. The molecule has 1 amide bonds. The standard InChI is InChI=1S/C19H16F3N3O7/c1-10(23-13-4-2-11(19(20,21)22)6-14(13)25(28)29)18(27)30-8-17(26)24-12-3-5-15-16(7-12)32-9-31-15/h2-7,10,23H,8-9H2,1H3,(H,24,26). The van der Waals surface area contributed by atoms with E-state index in [4.69, 9.17) is 14.2 Å². The van der Waals surface area contributed by atoms with E-state index >= 15 is 0 Å². The van der Waals surface area contributed by atoms with Gasteiger partial charge < -0.3 is 24.8 Å². The number of nitro groups is 1. The summed E-state index contributed by atoms with van der Waals surface area (Å²) in [6, 6.07) is 5.33. The minimum absolute atomic E-state index is 0.0618. The third-order valence-corrected chi connectivity index (χ3v) is 4.25. The lowest BCUT2D eigenvalue weighted by molar-refractivity contribution is -0.384. The predicted molar refractivity (Wildman–Crippen MR) is 103 cm³/mol. The molecule has 1 unspecified atom stereocenters. The van der Waals surface area contributed by atoms with Crippen molar-refractivity contribution in [2.45, 2.75) is 19.1 Å². The van der Waals surface area contributed by atoms with Crippen LogP contribution in [-0.2, 0) is 20.5 Å². The van der Waals surface area contributed by atoms with Crippen molar-refractivity contribution in [3.05, 3.63) is 52.1 Å². The molecule has 2 aromatic carbocycles. The summed E-state index contributed by atoms with van der Waals surface area (Å²) >= 11 is 0. The highest BCUT2D eigenvalue weighted by Crippen LogP contribution is 2.35. The number of nitro benzene ring substituents is 1. The smallest absolute Gasteiger partial charge is 0.416 e. The molecule has 170 valence electrons. The monoisotopic (exact) mass is 455 g/mol. The molecular formula is C19H16F3N3O7. The maximum atomic E-state index is 12.8. The largest absolute Gasteiger partial charge is 0.454 e. The van der Waals surface area contributed by atoms with E-state index in [-0.39, 0.29) is 12.5 Å². The zero-order chi connectivity index (χ0) is 23.5. The lowest BCUT2D eigenvalue weighted by atomic mass is 10.1. The number of alkyl halides is 3. The number of amides is 1. The maximum absolute atomic E-state index is 12.8. The van der Waals surface area contributed by atoms with Gasteiger partial charge in [-0.3, -0.25) is 14.9 Å². The van der Waals surface area contributed by atoms with Gasteiger partial charge in [0.25, 0.3) is 11.6 Å². The fourth-order valence-electron chi connectivity index (χ4n) is 2.71. The molecule has 0 aromatic heterocycles. The summed E-state index contributed by atoms with van der Waals surface area (Å²) in [5, 5.41) is 16.0. The Morgan fingerprint density at radius 2 is 1.91 bits per heavy atom. The molecule has 0 saturated carbocycles. The van der Waals surface area contributed by atoms with E-state index in [9.17, 15) is 32.9 Å². The van der Waals surface area contributed by atoms with Crippen molar-refractivity contribution in [1.29, 1.82) is 0 Å². The highest BCUT2D eigenvalue weighted by molar-refractivity contribution is 5.93. The van der Waals surface area contributed by atoms with Crippen LogP contribution in [0.15, 0.2) is 36.4 Å². The first-order chi connectivity index (χ1) is 15.0. The van der Waals surface area contributed by atoms with Crippen LogP contribution in [0.3, 0.4) is 0 Å². The van der Waals surface area contributed by atoms with Crippen LogP contribution in [0.4, 0.5) is 30.2 Å². The fraction of sp³-hybridized carbons (Fsp3) is 0.263. The number of benzene rings is 2. The Morgan fingerprint density at radius 3 is 2.59 bits per heavy atom. The van der Waals surface area contributed by atoms with Crippen molar-refractivity contribution in [2.24, 2.45) is 0 Å². The Balaban J connectivity index is 1.56. The lowest BCUT2D eigenvalue weighted by Gasteiger charge is -2.15. The van der Waals surface area contributed by atoms with Crippen LogP contribution in [0.5, 0.6) is 11.5 Å². The number of esters is 1. The van der Waals surface area contributed by atoms with Gasteiger partial charge in [-0.1, -0.05) is 0 Å². The van der Waals surface area contributed by atoms with Crippen molar-refractivity contribution in [2.75, 3.05) is 24.0 Å². The second-order valence-corrected chi connectivity index (χ2v) is 6.58. The summed E-state index contributed by atoms with van der Waals surface area (Å²) in [6.45, 7) is 0.681. The van der Waals surface area contributed by atoms with E-state index < -0.39 is 46.9 Å². The van der Waals surface area contributed by atoms with Crippen molar-refractivity contribution < 1.29 is 41.9 Å². The van der Waals surface area contributed by atoms with Gasteiger partial charge in [0.15, 0.2) is 18.1 Å². The summed E-state index contributed by atoms with van der Waals surface area (Å²) < 4.78 is 53.5. The highest BCUT2D eigenvalue weighted by Gasteiger charge is 2.33. The Labute approximate surface area is 178 Å². The average molecular weight is 455 g/mol. The molecule has 1 aliphatic rings. The van der Waals surface area contributed by atoms with Gasteiger partial charge >= 0.3 is 12.1 Å². The lowest BCUT2D eigenvalue weighted by Crippen LogP contribution is -2.31. The van der Waals surface area contributed by atoms with Gasteiger partial charge in [0.05, 0.1) is 10.5 Å². The zero-order valence-electron chi connectivity index (χ0n) is 16.4. The summed E-state index contributed by atoms with van der Waals surface area (Å²) in [4.78, 5) is 34.2. The van der Waals surface area contributed by atoms with Crippen LogP contribution >= 0.6 is 0 Å². The number of carbonyl (C=O) groups is 2. The third-order valence-electron chi connectivity index (χ3n) is 4.25. The molecule has 1 heterocycles. The van der Waals surface area contributed by atoms with Gasteiger partial charge in [-0.25, -0.2) is 4.79 Å². The van der Waals surface area contributed by atoms with E-state index in [1.54, 1.807) is 12.1 Å². The molecule has 13 heteroatoms. The first-order valence-electron chi connectivity index (χ1n) is 9.03. The normalized spacial score (nSPS) is 13.2. The SMILES string of the molecule is CC(Nc1ccc(C(F)(F)F)cc1[N+](=O)[O-])C(=O)OCC(=O)Nc1ccc2c(c1)OCO2. The number of fused-ring (bicyclic) bond motifs is 1. The molecule has 32 heavy (non-hydrogen) atoms. The minimum Gasteiger partial charge on any atom is -0.454 e. The number of anilines is 2. The topological polar surface area (TPSA) is 129 Å². The summed E-state index contributed by atoms with van der Waals surface area (Å²) in [6.07, 6.45) is -4.76. The molecule has 3 rings (SSSR count). The first kappa shape index (κ1) is 22.7. The maximum Gasteiger partial charge on any atom is 0.416 e. The molecule has 0 aliphatic carbocycles. The number of nitrogens with zero attached hydrogens (tertiary/aromatic N) is 1. The molecule has 10 nitrogen and oxygen atoms in total. The fourth-order valence-corrected chi connectivity index (χ4v) is 2.71. The summed E-state index contributed by atoms with van der Waals surface area (Å²) in [7, 11) is 0. The predicted octanol–water partition coefficient (Wildman–Crippen LogP) is 3.32. The Hall–Kier alpha value is -4.03. The summed E-state index contributed by atoms with van der Waals surface area (Å²) in [5.41, 5.74) is -2.00. The van der Waals surface area contributed by atoms with Crippen LogP contribution in [0.25, 0.3) is 0 Å². The van der Waals surface area contributed by atoms with Gasteiger partial charge in [-0.05, 0) is 31.2 Å². The van der Waals surface area contributed by atoms with E-state index in [0.29, 0.717) is 29.3 Å². The van der Waals surface area contributed by atoms with Gasteiger partial charge in [0.2, 0.25) is 6.79 Å². The molecule has 2 N–H and O–H groups in total. The van der Waals surface area contributed by atoms with Crippen molar-refractivity contribution in [3.8, 4) is 11.5 Å². The van der Waals surface area contributed by atoms with Gasteiger partial charge in [0.1, 0.15) is 11.7 Å². The molecule has 0 spiro atoms. The van der Waals surface area contributed by atoms with Crippen LogP contribution < -0.4 is 20.1 Å². The average Bonchev–Trinajstić information content (AvgIpc) is 3.19. The quantitative estimate of drug-likeness (QED) is 0.370. The van der Waals surface area contributed by atoms with E-state index in [2.05, 4.69) is 10.6 Å². The molecular weight excluding hydrogens is 439 g/mol.